The first-order chi connectivity index (χ1) is 5.02. The van der Waals surface area contributed by atoms with Crippen LogP contribution in [0.15, 0.2) is 10.9 Å². The van der Waals surface area contributed by atoms with Crippen molar-refractivity contribution in [3.63, 3.8) is 0 Å². The Kier molecular flexibility index (Phi) is 1.95. The van der Waals surface area contributed by atoms with Crippen LogP contribution in [0.3, 0.4) is 0 Å². The minimum absolute atomic E-state index is 0.0352. The van der Waals surface area contributed by atoms with Crippen LogP contribution < -0.4 is 5.73 Å². The summed E-state index contributed by atoms with van der Waals surface area (Å²) < 4.78 is 4.84. The van der Waals surface area contributed by atoms with E-state index in [4.69, 9.17) is 10.3 Å². The Morgan fingerprint density at radius 3 is 2.55 bits per heavy atom. The van der Waals surface area contributed by atoms with Gasteiger partial charge < -0.3 is 10.3 Å². The molecule has 4 nitrogen and oxygen atoms in total. The third-order valence-corrected chi connectivity index (χ3v) is 1.58. The fraction of sp³-hybridized carbons (Fsp3) is 0.714. The highest BCUT2D eigenvalue weighted by atomic mass is 16.5. The summed E-state index contributed by atoms with van der Waals surface area (Å²) in [6, 6.07) is -0.190. The average Bonchev–Trinajstić information content (AvgIpc) is 2.34. The quantitative estimate of drug-likeness (QED) is 0.659. The normalized spacial score (nSPS) is 14.9. The van der Waals surface area contributed by atoms with Crippen molar-refractivity contribution in [3.8, 4) is 0 Å². The number of nitrogens with two attached hydrogens (primary N) is 1. The van der Waals surface area contributed by atoms with Crippen LogP contribution >= 0.6 is 0 Å². The van der Waals surface area contributed by atoms with E-state index in [-0.39, 0.29) is 11.5 Å². The van der Waals surface area contributed by atoms with Crippen LogP contribution in [0.5, 0.6) is 0 Å². The number of nitrogens with zero attached hydrogens (tertiary/aromatic N) is 2. The number of hydrogen-bond acceptors (Lipinski definition) is 4. The van der Waals surface area contributed by atoms with Gasteiger partial charge in [0.1, 0.15) is 0 Å². The van der Waals surface area contributed by atoms with Gasteiger partial charge in [-0.15, -0.1) is 0 Å². The van der Waals surface area contributed by atoms with Crippen molar-refractivity contribution in [1.29, 1.82) is 0 Å². The molecule has 0 bridgehead atoms. The molecule has 0 saturated heterocycles. The monoisotopic (exact) mass is 155 g/mol. The van der Waals surface area contributed by atoms with E-state index in [0.717, 1.165) is 0 Å². The molecule has 0 aliphatic carbocycles. The minimum Gasteiger partial charge on any atom is -0.338 e. The molecule has 0 amide bonds. The van der Waals surface area contributed by atoms with Crippen molar-refractivity contribution in [3.05, 3.63) is 12.2 Å². The van der Waals surface area contributed by atoms with Gasteiger partial charge in [-0.3, -0.25) is 0 Å². The molecule has 0 aromatic carbocycles. The lowest BCUT2D eigenvalue weighted by atomic mass is 9.87. The van der Waals surface area contributed by atoms with Gasteiger partial charge in [0, 0.05) is 0 Å². The molecule has 0 unspecified atom stereocenters. The summed E-state index contributed by atoms with van der Waals surface area (Å²) in [5, 5.41) is 3.49. The maximum Gasteiger partial charge on any atom is 0.243 e. The fourth-order valence-electron chi connectivity index (χ4n) is 0.689. The molecule has 62 valence electrons. The van der Waals surface area contributed by atoms with Gasteiger partial charge in [0.25, 0.3) is 0 Å². The van der Waals surface area contributed by atoms with Gasteiger partial charge >= 0.3 is 0 Å². The summed E-state index contributed by atoms with van der Waals surface area (Å²) in [6.07, 6.45) is 1.36. The van der Waals surface area contributed by atoms with Gasteiger partial charge in [-0.2, -0.15) is 4.98 Å². The highest BCUT2D eigenvalue weighted by Crippen LogP contribution is 2.28. The molecule has 1 aromatic heterocycles. The van der Waals surface area contributed by atoms with E-state index in [1.165, 1.54) is 6.33 Å². The highest BCUT2D eigenvalue weighted by Gasteiger charge is 2.26. The zero-order valence-electron chi connectivity index (χ0n) is 7.03. The molecule has 1 rings (SSSR count). The molecule has 1 atom stereocenters. The summed E-state index contributed by atoms with van der Waals surface area (Å²) in [5.74, 6) is 0.498. The first-order valence-corrected chi connectivity index (χ1v) is 3.54. The average molecular weight is 155 g/mol. The summed E-state index contributed by atoms with van der Waals surface area (Å²) in [7, 11) is 0. The van der Waals surface area contributed by atoms with E-state index in [9.17, 15) is 0 Å². The topological polar surface area (TPSA) is 64.9 Å². The fourth-order valence-corrected chi connectivity index (χ4v) is 0.689. The van der Waals surface area contributed by atoms with Crippen LogP contribution in [0.4, 0.5) is 0 Å². The van der Waals surface area contributed by atoms with Crippen molar-refractivity contribution >= 4 is 0 Å². The van der Waals surface area contributed by atoms with Gasteiger partial charge in [0.15, 0.2) is 6.33 Å². The molecule has 2 N–H and O–H groups in total. The lowest BCUT2D eigenvalue weighted by molar-refractivity contribution is 0.252. The predicted octanol–water partition coefficient (Wildman–Crippen LogP) is 1.12. The van der Waals surface area contributed by atoms with Crippen LogP contribution in [0.1, 0.15) is 32.7 Å². The Morgan fingerprint density at radius 1 is 1.55 bits per heavy atom. The second kappa shape index (κ2) is 2.62. The third-order valence-electron chi connectivity index (χ3n) is 1.58. The minimum atomic E-state index is -0.190. The summed E-state index contributed by atoms with van der Waals surface area (Å²) in [5.41, 5.74) is 5.79. The van der Waals surface area contributed by atoms with Gasteiger partial charge in [-0.1, -0.05) is 25.9 Å². The van der Waals surface area contributed by atoms with Gasteiger partial charge in [-0.05, 0) is 5.41 Å². The van der Waals surface area contributed by atoms with Gasteiger partial charge in [0.05, 0.1) is 6.04 Å². The van der Waals surface area contributed by atoms with Crippen LogP contribution in [0.2, 0.25) is 0 Å². The number of hydrogen-bond donors (Lipinski definition) is 1. The highest BCUT2D eigenvalue weighted by molar-refractivity contribution is 4.91. The maximum absolute atomic E-state index is 5.82. The van der Waals surface area contributed by atoms with E-state index < -0.39 is 0 Å². The van der Waals surface area contributed by atoms with Crippen molar-refractivity contribution < 1.29 is 4.52 Å². The Balaban J connectivity index is 2.78. The molecule has 11 heavy (non-hydrogen) atoms. The van der Waals surface area contributed by atoms with Crippen molar-refractivity contribution in [2.75, 3.05) is 0 Å². The number of rotatable bonds is 1. The smallest absolute Gasteiger partial charge is 0.243 e. The Bertz CT molecular complexity index is 212. The predicted molar refractivity (Wildman–Crippen MR) is 40.7 cm³/mol. The summed E-state index contributed by atoms with van der Waals surface area (Å²) in [4.78, 5) is 3.88. The first-order valence-electron chi connectivity index (χ1n) is 3.54. The van der Waals surface area contributed by atoms with Crippen LogP contribution in [0.25, 0.3) is 0 Å². The van der Waals surface area contributed by atoms with Gasteiger partial charge in [0.2, 0.25) is 5.89 Å². The molecule has 0 fully saturated rings. The second-order valence-corrected chi connectivity index (χ2v) is 3.62. The number of aromatic nitrogens is 2. The third kappa shape index (κ3) is 1.77. The van der Waals surface area contributed by atoms with Gasteiger partial charge in [-0.25, -0.2) is 0 Å². The van der Waals surface area contributed by atoms with E-state index in [1.807, 2.05) is 20.8 Å². The van der Waals surface area contributed by atoms with E-state index in [1.54, 1.807) is 0 Å². The summed E-state index contributed by atoms with van der Waals surface area (Å²) >= 11 is 0. The zero-order valence-corrected chi connectivity index (χ0v) is 7.03. The van der Waals surface area contributed by atoms with Crippen molar-refractivity contribution in [2.45, 2.75) is 26.8 Å². The van der Waals surface area contributed by atoms with E-state index in [2.05, 4.69) is 10.1 Å². The Hall–Kier alpha value is -0.900. The van der Waals surface area contributed by atoms with Crippen molar-refractivity contribution in [2.24, 2.45) is 11.1 Å². The first kappa shape index (κ1) is 8.20. The van der Waals surface area contributed by atoms with Crippen LogP contribution in [-0.4, -0.2) is 10.1 Å². The molecule has 0 aliphatic rings. The SMILES string of the molecule is CC(C)(C)[C@H](N)c1ncno1. The Morgan fingerprint density at radius 2 is 2.18 bits per heavy atom. The molecule has 0 radical (unpaired) electrons. The molecule has 4 heteroatoms. The molecule has 1 aromatic rings. The lowest BCUT2D eigenvalue weighted by Gasteiger charge is -2.23. The second-order valence-electron chi connectivity index (χ2n) is 3.62. The van der Waals surface area contributed by atoms with E-state index >= 15 is 0 Å². The van der Waals surface area contributed by atoms with E-state index in [0.29, 0.717) is 5.89 Å². The summed E-state index contributed by atoms with van der Waals surface area (Å²) in [6.45, 7) is 6.09. The van der Waals surface area contributed by atoms with Crippen LogP contribution in [-0.2, 0) is 0 Å². The van der Waals surface area contributed by atoms with Crippen molar-refractivity contribution in [1.82, 2.24) is 10.1 Å². The maximum atomic E-state index is 5.82. The molecule has 0 aliphatic heterocycles. The molecular formula is C7H13N3O. The largest absolute Gasteiger partial charge is 0.338 e. The Labute approximate surface area is 65.8 Å². The molecular weight excluding hydrogens is 142 g/mol. The lowest BCUT2D eigenvalue weighted by Crippen LogP contribution is -2.26. The standard InChI is InChI=1S/C7H13N3O/c1-7(2,3)5(8)6-9-4-10-11-6/h4-5H,8H2,1-3H3/t5-/m1/s1. The zero-order chi connectivity index (χ0) is 8.48. The molecule has 1 heterocycles. The molecule has 0 saturated carbocycles. The van der Waals surface area contributed by atoms with Crippen LogP contribution in [0, 0.1) is 5.41 Å². The molecule has 0 spiro atoms.